The van der Waals surface area contributed by atoms with E-state index >= 15 is 0 Å². The Kier molecular flexibility index (Phi) is 3.11. The standard InChI is InChI=1S/C11H13F2NO3/c12-11(13,6-15)8-2-1-4-14-9(8)10(16)3-5-17-7-10/h1-2,4,15-16H,3,5-7H2. The van der Waals surface area contributed by atoms with E-state index in [0.717, 1.165) is 6.07 Å². The van der Waals surface area contributed by atoms with Crippen LogP contribution in [0.15, 0.2) is 18.3 Å². The third kappa shape index (κ3) is 2.15. The molecule has 1 aliphatic rings. The Labute approximate surface area is 96.9 Å². The maximum absolute atomic E-state index is 13.5. The molecule has 2 N–H and O–H groups in total. The molecular weight excluding hydrogens is 232 g/mol. The minimum absolute atomic E-state index is 0.0570. The number of hydrogen-bond donors (Lipinski definition) is 2. The number of aliphatic hydroxyl groups excluding tert-OH is 1. The van der Waals surface area contributed by atoms with Crippen molar-refractivity contribution >= 4 is 0 Å². The van der Waals surface area contributed by atoms with Crippen LogP contribution in [0.1, 0.15) is 17.7 Å². The normalized spacial score (nSPS) is 25.2. The highest BCUT2D eigenvalue weighted by Crippen LogP contribution is 2.37. The molecule has 1 unspecified atom stereocenters. The van der Waals surface area contributed by atoms with Crippen molar-refractivity contribution in [2.24, 2.45) is 0 Å². The largest absolute Gasteiger partial charge is 0.390 e. The number of pyridine rings is 1. The van der Waals surface area contributed by atoms with Gasteiger partial charge < -0.3 is 14.9 Å². The number of aliphatic hydroxyl groups is 2. The van der Waals surface area contributed by atoms with Gasteiger partial charge in [0.25, 0.3) is 5.92 Å². The van der Waals surface area contributed by atoms with Crippen molar-refractivity contribution in [3.63, 3.8) is 0 Å². The van der Waals surface area contributed by atoms with Crippen LogP contribution in [0.4, 0.5) is 8.78 Å². The highest BCUT2D eigenvalue weighted by atomic mass is 19.3. The maximum atomic E-state index is 13.5. The highest BCUT2D eigenvalue weighted by molar-refractivity contribution is 5.30. The molecule has 4 nitrogen and oxygen atoms in total. The lowest BCUT2D eigenvalue weighted by molar-refractivity contribution is -0.0624. The summed E-state index contributed by atoms with van der Waals surface area (Å²) in [5.74, 6) is -3.41. The summed E-state index contributed by atoms with van der Waals surface area (Å²) in [7, 11) is 0. The first-order chi connectivity index (χ1) is 7.99. The summed E-state index contributed by atoms with van der Waals surface area (Å²) in [6.45, 7) is -1.07. The van der Waals surface area contributed by atoms with Gasteiger partial charge in [0, 0.05) is 24.8 Å². The van der Waals surface area contributed by atoms with E-state index in [0.29, 0.717) is 6.61 Å². The SMILES string of the molecule is OCC(F)(F)c1cccnc1C1(O)CCOC1. The Balaban J connectivity index is 2.47. The average molecular weight is 245 g/mol. The van der Waals surface area contributed by atoms with E-state index in [1.165, 1.54) is 12.3 Å². The van der Waals surface area contributed by atoms with Crippen LogP contribution in [0, 0.1) is 0 Å². The smallest absolute Gasteiger partial charge is 0.297 e. The third-order valence-corrected chi connectivity index (χ3v) is 2.84. The fraction of sp³-hybridized carbons (Fsp3) is 0.545. The zero-order valence-corrected chi connectivity index (χ0v) is 9.07. The van der Waals surface area contributed by atoms with Crippen LogP contribution in [-0.2, 0) is 16.3 Å². The molecule has 0 amide bonds. The van der Waals surface area contributed by atoms with E-state index in [1.807, 2.05) is 0 Å². The highest BCUT2D eigenvalue weighted by Gasteiger charge is 2.43. The molecule has 1 aliphatic heterocycles. The molecule has 0 aliphatic carbocycles. The molecule has 0 saturated carbocycles. The van der Waals surface area contributed by atoms with E-state index < -0.39 is 23.7 Å². The monoisotopic (exact) mass is 245 g/mol. The van der Waals surface area contributed by atoms with Gasteiger partial charge >= 0.3 is 0 Å². The summed E-state index contributed by atoms with van der Waals surface area (Å²) in [6, 6.07) is 2.51. The van der Waals surface area contributed by atoms with Gasteiger partial charge in [-0.3, -0.25) is 4.98 Å². The zero-order chi connectivity index (χ0) is 12.5. The van der Waals surface area contributed by atoms with Gasteiger partial charge in [-0.1, -0.05) is 0 Å². The molecule has 1 saturated heterocycles. The second-order valence-corrected chi connectivity index (χ2v) is 4.10. The van der Waals surface area contributed by atoms with Crippen molar-refractivity contribution in [3.05, 3.63) is 29.6 Å². The van der Waals surface area contributed by atoms with Gasteiger partial charge in [-0.15, -0.1) is 0 Å². The molecule has 0 radical (unpaired) electrons. The molecule has 1 atom stereocenters. The lowest BCUT2D eigenvalue weighted by Crippen LogP contribution is -2.32. The summed E-state index contributed by atoms with van der Waals surface area (Å²) < 4.78 is 32.1. The maximum Gasteiger partial charge on any atom is 0.297 e. The first-order valence-electron chi connectivity index (χ1n) is 5.24. The summed E-state index contributed by atoms with van der Waals surface area (Å²) >= 11 is 0. The molecule has 2 rings (SSSR count). The van der Waals surface area contributed by atoms with Gasteiger partial charge in [0.05, 0.1) is 12.3 Å². The lowest BCUT2D eigenvalue weighted by Gasteiger charge is -2.25. The average Bonchev–Trinajstić information content (AvgIpc) is 2.77. The van der Waals surface area contributed by atoms with Gasteiger partial charge in [-0.05, 0) is 12.1 Å². The number of aromatic nitrogens is 1. The van der Waals surface area contributed by atoms with Gasteiger partial charge in [0.1, 0.15) is 12.2 Å². The summed E-state index contributed by atoms with van der Waals surface area (Å²) in [5, 5.41) is 18.9. The van der Waals surface area contributed by atoms with Crippen molar-refractivity contribution < 1.29 is 23.7 Å². The van der Waals surface area contributed by atoms with Crippen LogP contribution < -0.4 is 0 Å². The van der Waals surface area contributed by atoms with E-state index in [1.54, 1.807) is 0 Å². The summed E-state index contributed by atoms with van der Waals surface area (Å²) in [6.07, 6.45) is 1.56. The Bertz CT molecular complexity index is 405. The van der Waals surface area contributed by atoms with Crippen LogP contribution in [0.2, 0.25) is 0 Å². The van der Waals surface area contributed by atoms with E-state index in [4.69, 9.17) is 9.84 Å². The molecule has 0 bridgehead atoms. The predicted octanol–water partition coefficient (Wildman–Crippen LogP) is 0.774. The van der Waals surface area contributed by atoms with Crippen molar-refractivity contribution in [1.29, 1.82) is 0 Å². The zero-order valence-electron chi connectivity index (χ0n) is 9.07. The van der Waals surface area contributed by atoms with Crippen LogP contribution in [0.5, 0.6) is 0 Å². The van der Waals surface area contributed by atoms with Crippen LogP contribution in [0.3, 0.4) is 0 Å². The van der Waals surface area contributed by atoms with Gasteiger partial charge in [-0.2, -0.15) is 8.78 Å². The molecule has 94 valence electrons. The molecule has 6 heteroatoms. The number of hydrogen-bond acceptors (Lipinski definition) is 4. The first-order valence-corrected chi connectivity index (χ1v) is 5.24. The first kappa shape index (κ1) is 12.3. The number of halogens is 2. The molecular formula is C11H13F2NO3. The summed E-state index contributed by atoms with van der Waals surface area (Å²) in [5.41, 5.74) is -2.05. The predicted molar refractivity (Wildman–Crippen MR) is 54.5 cm³/mol. The molecule has 0 spiro atoms. The van der Waals surface area contributed by atoms with Crippen molar-refractivity contribution in [2.45, 2.75) is 17.9 Å². The molecule has 1 aromatic heterocycles. The third-order valence-electron chi connectivity index (χ3n) is 2.84. The molecule has 1 fully saturated rings. The Hall–Kier alpha value is -1.11. The van der Waals surface area contributed by atoms with Crippen molar-refractivity contribution in [3.8, 4) is 0 Å². The molecule has 2 heterocycles. The van der Waals surface area contributed by atoms with Gasteiger partial charge in [0.2, 0.25) is 0 Å². The quantitative estimate of drug-likeness (QED) is 0.825. The van der Waals surface area contributed by atoms with Crippen LogP contribution in [0.25, 0.3) is 0 Å². The molecule has 1 aromatic rings. The molecule has 0 aromatic carbocycles. The number of rotatable bonds is 3. The van der Waals surface area contributed by atoms with Crippen molar-refractivity contribution in [2.75, 3.05) is 19.8 Å². The van der Waals surface area contributed by atoms with Crippen LogP contribution in [-0.4, -0.2) is 35.0 Å². The van der Waals surface area contributed by atoms with Gasteiger partial charge in [-0.25, -0.2) is 0 Å². The van der Waals surface area contributed by atoms with Gasteiger partial charge in [0.15, 0.2) is 0 Å². The fourth-order valence-corrected chi connectivity index (χ4v) is 1.90. The van der Waals surface area contributed by atoms with Crippen LogP contribution >= 0.6 is 0 Å². The topological polar surface area (TPSA) is 62.6 Å². The second-order valence-electron chi connectivity index (χ2n) is 4.10. The second kappa shape index (κ2) is 4.29. The Morgan fingerprint density at radius 1 is 1.53 bits per heavy atom. The minimum atomic E-state index is -3.41. The minimum Gasteiger partial charge on any atom is -0.390 e. The van der Waals surface area contributed by atoms with E-state index in [2.05, 4.69) is 4.98 Å². The number of ether oxygens (including phenoxy) is 1. The number of alkyl halides is 2. The Morgan fingerprint density at radius 2 is 2.29 bits per heavy atom. The fourth-order valence-electron chi connectivity index (χ4n) is 1.90. The van der Waals surface area contributed by atoms with Crippen molar-refractivity contribution in [1.82, 2.24) is 4.98 Å². The van der Waals surface area contributed by atoms with E-state index in [-0.39, 0.29) is 18.7 Å². The lowest BCUT2D eigenvalue weighted by atomic mass is 9.92. The Morgan fingerprint density at radius 3 is 2.88 bits per heavy atom. The summed E-state index contributed by atoms with van der Waals surface area (Å²) in [4.78, 5) is 3.83. The molecule has 17 heavy (non-hydrogen) atoms. The number of nitrogens with zero attached hydrogens (tertiary/aromatic N) is 1. The van der Waals surface area contributed by atoms with E-state index in [9.17, 15) is 13.9 Å².